The van der Waals surface area contributed by atoms with Crippen molar-refractivity contribution in [1.29, 1.82) is 0 Å². The van der Waals surface area contributed by atoms with Crippen LogP contribution in [0.2, 0.25) is 0 Å². The van der Waals surface area contributed by atoms with Crippen LogP contribution in [0.3, 0.4) is 0 Å². The van der Waals surface area contributed by atoms with Crippen LogP contribution in [0.1, 0.15) is 12.8 Å². The molecular formula is C14H16N4O. The van der Waals surface area contributed by atoms with Gasteiger partial charge in [0.25, 0.3) is 0 Å². The topological polar surface area (TPSA) is 72.9 Å². The fraction of sp³-hybridized carbons (Fsp3) is 0.286. The Bertz CT molecular complexity index is 587. The van der Waals surface area contributed by atoms with E-state index in [1.54, 1.807) is 12.5 Å². The zero-order valence-corrected chi connectivity index (χ0v) is 10.5. The van der Waals surface area contributed by atoms with Crippen LogP contribution in [0.25, 0.3) is 5.69 Å². The molecule has 5 heteroatoms. The summed E-state index contributed by atoms with van der Waals surface area (Å²) in [7, 11) is 0. The fourth-order valence-corrected chi connectivity index (χ4v) is 2.09. The number of imidazole rings is 1. The van der Waals surface area contributed by atoms with Gasteiger partial charge < -0.3 is 15.6 Å². The quantitative estimate of drug-likeness (QED) is 0.871. The van der Waals surface area contributed by atoms with Gasteiger partial charge in [-0.2, -0.15) is 0 Å². The van der Waals surface area contributed by atoms with Gasteiger partial charge in [0.05, 0.1) is 11.7 Å². The van der Waals surface area contributed by atoms with Crippen molar-refractivity contribution in [2.75, 3.05) is 11.9 Å². The molecule has 0 radical (unpaired) electrons. The molecule has 19 heavy (non-hydrogen) atoms. The van der Waals surface area contributed by atoms with E-state index in [1.165, 1.54) is 0 Å². The Morgan fingerprint density at radius 2 is 2.32 bits per heavy atom. The highest BCUT2D eigenvalue weighted by molar-refractivity contribution is 5.97. The highest BCUT2D eigenvalue weighted by Crippen LogP contribution is 2.45. The maximum atomic E-state index is 12.1. The Morgan fingerprint density at radius 1 is 1.47 bits per heavy atom. The Balaban J connectivity index is 1.79. The highest BCUT2D eigenvalue weighted by Gasteiger charge is 2.48. The van der Waals surface area contributed by atoms with Crippen LogP contribution in [-0.4, -0.2) is 22.0 Å². The average Bonchev–Trinajstić information content (AvgIpc) is 3.05. The fourth-order valence-electron chi connectivity index (χ4n) is 2.09. The molecule has 3 rings (SSSR count). The molecule has 5 nitrogen and oxygen atoms in total. The van der Waals surface area contributed by atoms with Gasteiger partial charge in [0, 0.05) is 30.3 Å². The normalized spacial score (nSPS) is 16.1. The third-order valence-electron chi connectivity index (χ3n) is 3.63. The molecule has 1 amide bonds. The molecule has 1 aliphatic rings. The molecule has 0 spiro atoms. The molecule has 0 unspecified atom stereocenters. The summed E-state index contributed by atoms with van der Waals surface area (Å²) >= 11 is 0. The molecule has 0 saturated heterocycles. The van der Waals surface area contributed by atoms with Gasteiger partial charge in [-0.15, -0.1) is 0 Å². The van der Waals surface area contributed by atoms with E-state index < -0.39 is 0 Å². The molecule has 0 bridgehead atoms. The van der Waals surface area contributed by atoms with E-state index in [2.05, 4.69) is 10.3 Å². The smallest absolute Gasteiger partial charge is 0.231 e. The van der Waals surface area contributed by atoms with Crippen LogP contribution in [0, 0.1) is 5.41 Å². The van der Waals surface area contributed by atoms with E-state index in [1.807, 2.05) is 35.0 Å². The van der Waals surface area contributed by atoms with E-state index in [-0.39, 0.29) is 11.3 Å². The molecular weight excluding hydrogens is 240 g/mol. The molecule has 1 saturated carbocycles. The first-order valence-corrected chi connectivity index (χ1v) is 6.33. The summed E-state index contributed by atoms with van der Waals surface area (Å²) < 4.78 is 1.89. The van der Waals surface area contributed by atoms with Crippen LogP contribution in [0.4, 0.5) is 5.69 Å². The number of hydrogen-bond donors (Lipinski definition) is 2. The van der Waals surface area contributed by atoms with Crippen molar-refractivity contribution in [2.45, 2.75) is 12.8 Å². The summed E-state index contributed by atoms with van der Waals surface area (Å²) in [6, 6.07) is 7.68. The molecule has 98 valence electrons. The van der Waals surface area contributed by atoms with Gasteiger partial charge in [-0.25, -0.2) is 4.98 Å². The predicted octanol–water partition coefficient (Wildman–Crippen LogP) is 1.55. The summed E-state index contributed by atoms with van der Waals surface area (Å²) in [5.74, 6) is 0.0257. The molecule has 3 N–H and O–H groups in total. The third kappa shape index (κ3) is 2.24. The number of nitrogens with zero attached hydrogens (tertiary/aromatic N) is 2. The number of nitrogens with one attached hydrogen (secondary N) is 1. The second-order valence-corrected chi connectivity index (χ2v) is 4.96. The minimum atomic E-state index is -0.328. The van der Waals surface area contributed by atoms with Gasteiger partial charge in [0.1, 0.15) is 0 Å². The van der Waals surface area contributed by atoms with Gasteiger partial charge in [0.2, 0.25) is 5.91 Å². The molecule has 1 fully saturated rings. The van der Waals surface area contributed by atoms with Crippen LogP contribution in [-0.2, 0) is 4.79 Å². The zero-order valence-electron chi connectivity index (χ0n) is 10.5. The van der Waals surface area contributed by atoms with Gasteiger partial charge in [0.15, 0.2) is 0 Å². The summed E-state index contributed by atoms with van der Waals surface area (Å²) in [5, 5.41) is 2.95. The SMILES string of the molecule is NCC1(C(=O)Nc2cccc(-n3ccnc3)c2)CC1. The Kier molecular flexibility index (Phi) is 2.83. The predicted molar refractivity (Wildman–Crippen MR) is 72.9 cm³/mol. The number of hydrogen-bond acceptors (Lipinski definition) is 3. The van der Waals surface area contributed by atoms with Crippen molar-refractivity contribution in [2.24, 2.45) is 11.1 Å². The number of anilines is 1. The average molecular weight is 256 g/mol. The van der Waals surface area contributed by atoms with Crippen LogP contribution < -0.4 is 11.1 Å². The first-order valence-electron chi connectivity index (χ1n) is 6.33. The summed E-state index contributed by atoms with van der Waals surface area (Å²) in [5.41, 5.74) is 7.08. The summed E-state index contributed by atoms with van der Waals surface area (Å²) in [6.07, 6.45) is 7.08. The standard InChI is InChI=1S/C14H16N4O/c15-9-14(4-5-14)13(19)17-11-2-1-3-12(8-11)18-7-6-16-10-18/h1-3,6-8,10H,4-5,9,15H2,(H,17,19). The van der Waals surface area contributed by atoms with Gasteiger partial charge in [-0.05, 0) is 31.0 Å². The minimum Gasteiger partial charge on any atom is -0.329 e. The second kappa shape index (κ2) is 4.51. The second-order valence-electron chi connectivity index (χ2n) is 4.96. The molecule has 1 heterocycles. The van der Waals surface area contributed by atoms with E-state index >= 15 is 0 Å². The number of rotatable bonds is 4. The molecule has 0 atom stereocenters. The third-order valence-corrected chi connectivity index (χ3v) is 3.63. The number of benzene rings is 1. The Labute approximate surface area is 111 Å². The van der Waals surface area contributed by atoms with Crippen molar-refractivity contribution in [3.05, 3.63) is 43.0 Å². The lowest BCUT2D eigenvalue weighted by Crippen LogP contribution is -2.30. The Hall–Kier alpha value is -2.14. The van der Waals surface area contributed by atoms with Gasteiger partial charge >= 0.3 is 0 Å². The number of carbonyl (C=O) groups excluding carboxylic acids is 1. The van der Waals surface area contributed by atoms with E-state index in [4.69, 9.17) is 5.73 Å². The highest BCUT2D eigenvalue weighted by atomic mass is 16.2. The summed E-state index contributed by atoms with van der Waals surface area (Å²) in [4.78, 5) is 16.1. The first-order chi connectivity index (χ1) is 9.23. The molecule has 1 aromatic carbocycles. The minimum absolute atomic E-state index is 0.0257. The van der Waals surface area contributed by atoms with E-state index in [0.29, 0.717) is 6.54 Å². The zero-order chi connectivity index (χ0) is 13.3. The lowest BCUT2D eigenvalue weighted by atomic mass is 10.1. The van der Waals surface area contributed by atoms with Crippen LogP contribution in [0.15, 0.2) is 43.0 Å². The van der Waals surface area contributed by atoms with E-state index in [0.717, 1.165) is 24.2 Å². The maximum Gasteiger partial charge on any atom is 0.231 e. The van der Waals surface area contributed by atoms with Crippen molar-refractivity contribution >= 4 is 11.6 Å². The lowest BCUT2D eigenvalue weighted by Gasteiger charge is -2.13. The number of amides is 1. The number of carbonyl (C=O) groups is 1. The van der Waals surface area contributed by atoms with Crippen molar-refractivity contribution < 1.29 is 4.79 Å². The number of aromatic nitrogens is 2. The monoisotopic (exact) mass is 256 g/mol. The first kappa shape index (κ1) is 11.9. The van der Waals surface area contributed by atoms with Crippen LogP contribution in [0.5, 0.6) is 0 Å². The molecule has 0 aliphatic heterocycles. The largest absolute Gasteiger partial charge is 0.329 e. The number of nitrogens with two attached hydrogens (primary N) is 1. The molecule has 1 aliphatic carbocycles. The maximum absolute atomic E-state index is 12.1. The lowest BCUT2D eigenvalue weighted by molar-refractivity contribution is -0.120. The van der Waals surface area contributed by atoms with Crippen molar-refractivity contribution in [3.8, 4) is 5.69 Å². The molecule has 2 aromatic rings. The Morgan fingerprint density at radius 3 is 2.95 bits per heavy atom. The van der Waals surface area contributed by atoms with Crippen molar-refractivity contribution in [3.63, 3.8) is 0 Å². The van der Waals surface area contributed by atoms with Crippen molar-refractivity contribution in [1.82, 2.24) is 9.55 Å². The van der Waals surface area contributed by atoms with Gasteiger partial charge in [-0.1, -0.05) is 6.07 Å². The van der Waals surface area contributed by atoms with Gasteiger partial charge in [-0.3, -0.25) is 4.79 Å². The van der Waals surface area contributed by atoms with Crippen LogP contribution >= 0.6 is 0 Å². The molecule has 1 aromatic heterocycles. The summed E-state index contributed by atoms with van der Waals surface area (Å²) in [6.45, 7) is 0.417. The van der Waals surface area contributed by atoms with E-state index in [9.17, 15) is 4.79 Å².